The highest BCUT2D eigenvalue weighted by atomic mass is 19.1. The molecule has 0 bridgehead atoms. The van der Waals surface area contributed by atoms with E-state index in [1.54, 1.807) is 0 Å². The Bertz CT molecular complexity index is 823. The Morgan fingerprint density at radius 1 is 1.11 bits per heavy atom. The maximum absolute atomic E-state index is 14.7. The number of nitrogens with zero attached hydrogens (tertiary/aromatic N) is 3. The van der Waals surface area contributed by atoms with Crippen molar-refractivity contribution in [3.8, 4) is 11.6 Å². The second-order valence-corrected chi connectivity index (χ2v) is 7.55. The Hall–Kier alpha value is -2.21. The average molecular weight is 387 g/mol. The minimum atomic E-state index is -0.329. The van der Waals surface area contributed by atoms with E-state index in [-0.39, 0.29) is 19.3 Å². The third-order valence-corrected chi connectivity index (χ3v) is 5.49. The Labute approximate surface area is 166 Å². The van der Waals surface area contributed by atoms with Gasteiger partial charge in [-0.1, -0.05) is 7.43 Å². The lowest BCUT2D eigenvalue weighted by atomic mass is 9.89. The monoisotopic (exact) mass is 387 g/mol. The summed E-state index contributed by atoms with van der Waals surface area (Å²) in [5.41, 5.74) is 3.86. The van der Waals surface area contributed by atoms with Gasteiger partial charge in [0.15, 0.2) is 5.75 Å². The molecule has 2 aliphatic rings. The minimum absolute atomic E-state index is 0. The molecular formula is C22H30FN3O2. The molecule has 5 nitrogen and oxygen atoms in total. The van der Waals surface area contributed by atoms with E-state index in [2.05, 4.69) is 27.0 Å². The predicted octanol–water partition coefficient (Wildman–Crippen LogP) is 4.58. The van der Waals surface area contributed by atoms with Crippen LogP contribution in [0, 0.1) is 19.7 Å². The molecule has 0 radical (unpaired) electrons. The quantitative estimate of drug-likeness (QED) is 0.771. The van der Waals surface area contributed by atoms with Crippen LogP contribution in [0.4, 0.5) is 4.39 Å². The first-order chi connectivity index (χ1) is 13.0. The third kappa shape index (κ3) is 4.12. The SMILES string of the molecule is C.Cc1cc([C@H]2CCCN(C(C)c3nc4c(cc3F)OCCO4)C2)cc(C)n1. The number of hydrogen-bond donors (Lipinski definition) is 0. The standard InChI is InChI=1S/C21H26FN3O2.CH4/c1-13-9-17(10-14(2)23-13)16-5-4-6-25(12-16)15(3)20-18(22)11-19-21(24-20)27-8-7-26-19;/h9-11,15-16H,4-8,12H2,1-3H3;1H4/t15?,16-;/m0./s1. The van der Waals surface area contributed by atoms with Gasteiger partial charge in [0.2, 0.25) is 0 Å². The number of aromatic nitrogens is 2. The fraction of sp³-hybridized carbons (Fsp3) is 0.545. The lowest BCUT2D eigenvalue weighted by molar-refractivity contribution is 0.144. The molecule has 1 fully saturated rings. The summed E-state index contributed by atoms with van der Waals surface area (Å²) in [5.74, 6) is 0.902. The molecule has 0 N–H and O–H groups in total. The summed E-state index contributed by atoms with van der Waals surface area (Å²) < 4.78 is 25.7. The number of rotatable bonds is 3. The van der Waals surface area contributed by atoms with Crippen molar-refractivity contribution in [1.82, 2.24) is 14.9 Å². The Morgan fingerprint density at radius 2 is 1.82 bits per heavy atom. The molecule has 2 aliphatic heterocycles. The van der Waals surface area contributed by atoms with Crippen molar-refractivity contribution in [2.75, 3.05) is 26.3 Å². The fourth-order valence-electron chi connectivity index (χ4n) is 4.16. The number of aryl methyl sites for hydroxylation is 2. The molecule has 28 heavy (non-hydrogen) atoms. The van der Waals surface area contributed by atoms with Gasteiger partial charge in [-0.2, -0.15) is 0 Å². The van der Waals surface area contributed by atoms with E-state index >= 15 is 0 Å². The maximum Gasteiger partial charge on any atom is 0.257 e. The molecule has 0 amide bonds. The summed E-state index contributed by atoms with van der Waals surface area (Å²) in [6.45, 7) is 8.80. The zero-order valence-electron chi connectivity index (χ0n) is 16.2. The van der Waals surface area contributed by atoms with Crippen LogP contribution in [0.2, 0.25) is 0 Å². The topological polar surface area (TPSA) is 47.5 Å². The smallest absolute Gasteiger partial charge is 0.257 e. The highest BCUT2D eigenvalue weighted by Gasteiger charge is 2.29. The van der Waals surface area contributed by atoms with Crippen LogP contribution >= 0.6 is 0 Å². The second-order valence-electron chi connectivity index (χ2n) is 7.55. The van der Waals surface area contributed by atoms with Crippen LogP contribution in [-0.2, 0) is 0 Å². The number of pyridine rings is 2. The van der Waals surface area contributed by atoms with Crippen LogP contribution < -0.4 is 9.47 Å². The summed E-state index contributed by atoms with van der Waals surface area (Å²) in [7, 11) is 0. The number of piperidine rings is 1. The average Bonchev–Trinajstić information content (AvgIpc) is 2.66. The van der Waals surface area contributed by atoms with Crippen molar-refractivity contribution < 1.29 is 13.9 Å². The largest absolute Gasteiger partial charge is 0.484 e. The first-order valence-electron chi connectivity index (χ1n) is 9.66. The van der Waals surface area contributed by atoms with Gasteiger partial charge in [-0.05, 0) is 63.8 Å². The highest BCUT2D eigenvalue weighted by molar-refractivity contribution is 5.37. The summed E-state index contributed by atoms with van der Waals surface area (Å²) >= 11 is 0. The van der Waals surface area contributed by atoms with Crippen LogP contribution in [0.25, 0.3) is 0 Å². The maximum atomic E-state index is 14.7. The number of likely N-dealkylation sites (tertiary alicyclic amines) is 1. The number of ether oxygens (including phenoxy) is 2. The van der Waals surface area contributed by atoms with E-state index in [1.807, 2.05) is 20.8 Å². The van der Waals surface area contributed by atoms with E-state index < -0.39 is 0 Å². The van der Waals surface area contributed by atoms with Gasteiger partial charge >= 0.3 is 0 Å². The van der Waals surface area contributed by atoms with Gasteiger partial charge in [0.1, 0.15) is 19.0 Å². The fourth-order valence-corrected chi connectivity index (χ4v) is 4.16. The van der Waals surface area contributed by atoms with E-state index in [1.165, 1.54) is 11.6 Å². The Balaban J connectivity index is 0.00000225. The number of fused-ring (bicyclic) bond motifs is 1. The number of hydrogen-bond acceptors (Lipinski definition) is 5. The minimum Gasteiger partial charge on any atom is -0.484 e. The molecule has 2 atom stereocenters. The van der Waals surface area contributed by atoms with Gasteiger partial charge in [0, 0.05) is 24.0 Å². The molecule has 0 spiro atoms. The van der Waals surface area contributed by atoms with Gasteiger partial charge in [0.05, 0.1) is 11.7 Å². The van der Waals surface area contributed by atoms with E-state index in [0.29, 0.717) is 36.5 Å². The first kappa shape index (κ1) is 20.5. The van der Waals surface area contributed by atoms with Gasteiger partial charge in [-0.25, -0.2) is 9.37 Å². The molecule has 0 aromatic carbocycles. The molecule has 2 aromatic rings. The molecule has 6 heteroatoms. The Morgan fingerprint density at radius 3 is 2.57 bits per heavy atom. The van der Waals surface area contributed by atoms with Crippen LogP contribution in [0.3, 0.4) is 0 Å². The summed E-state index contributed by atoms with van der Waals surface area (Å²) in [6, 6.07) is 5.64. The van der Waals surface area contributed by atoms with Crippen molar-refractivity contribution >= 4 is 0 Å². The van der Waals surface area contributed by atoms with Crippen LogP contribution in [0.1, 0.15) is 61.8 Å². The summed E-state index contributed by atoms with van der Waals surface area (Å²) in [5, 5.41) is 0. The van der Waals surface area contributed by atoms with Crippen molar-refractivity contribution in [1.29, 1.82) is 0 Å². The van der Waals surface area contributed by atoms with E-state index in [0.717, 1.165) is 37.3 Å². The van der Waals surface area contributed by atoms with Crippen LogP contribution in [-0.4, -0.2) is 41.2 Å². The van der Waals surface area contributed by atoms with Gasteiger partial charge < -0.3 is 9.47 Å². The van der Waals surface area contributed by atoms with Crippen molar-refractivity contribution in [2.45, 2.75) is 53.0 Å². The molecule has 4 heterocycles. The highest BCUT2D eigenvalue weighted by Crippen LogP contribution is 2.36. The Kier molecular flexibility index (Phi) is 6.18. The molecule has 0 aliphatic carbocycles. The molecule has 2 aromatic heterocycles. The van der Waals surface area contributed by atoms with E-state index in [9.17, 15) is 4.39 Å². The lowest BCUT2D eigenvalue weighted by Gasteiger charge is -2.37. The second kappa shape index (κ2) is 8.43. The van der Waals surface area contributed by atoms with E-state index in [4.69, 9.17) is 9.47 Å². The molecule has 4 rings (SSSR count). The molecular weight excluding hydrogens is 357 g/mol. The van der Waals surface area contributed by atoms with Crippen LogP contribution in [0.15, 0.2) is 18.2 Å². The van der Waals surface area contributed by atoms with Crippen molar-refractivity contribution in [3.05, 3.63) is 46.7 Å². The zero-order valence-corrected chi connectivity index (χ0v) is 16.2. The van der Waals surface area contributed by atoms with Crippen molar-refractivity contribution in [2.24, 2.45) is 0 Å². The lowest BCUT2D eigenvalue weighted by Crippen LogP contribution is -2.37. The van der Waals surface area contributed by atoms with Crippen LogP contribution in [0.5, 0.6) is 11.6 Å². The number of halogens is 1. The van der Waals surface area contributed by atoms with Crippen molar-refractivity contribution in [3.63, 3.8) is 0 Å². The third-order valence-electron chi connectivity index (χ3n) is 5.49. The summed E-state index contributed by atoms with van der Waals surface area (Å²) in [4.78, 5) is 11.2. The molecule has 152 valence electrons. The first-order valence-corrected chi connectivity index (χ1v) is 9.66. The summed E-state index contributed by atoms with van der Waals surface area (Å²) in [6.07, 6.45) is 2.23. The van der Waals surface area contributed by atoms with Gasteiger partial charge in [0.25, 0.3) is 5.88 Å². The van der Waals surface area contributed by atoms with Gasteiger partial charge in [-0.15, -0.1) is 0 Å². The normalized spacial score (nSPS) is 20.4. The zero-order chi connectivity index (χ0) is 19.0. The van der Waals surface area contributed by atoms with Gasteiger partial charge in [-0.3, -0.25) is 9.88 Å². The molecule has 0 saturated carbocycles. The molecule has 1 saturated heterocycles. The predicted molar refractivity (Wildman–Crippen MR) is 108 cm³/mol. The molecule has 1 unspecified atom stereocenters.